The van der Waals surface area contributed by atoms with Crippen LogP contribution in [0.4, 0.5) is 0 Å². The van der Waals surface area contributed by atoms with E-state index >= 15 is 0 Å². The van der Waals surface area contributed by atoms with E-state index in [1.54, 1.807) is 10.7 Å². The summed E-state index contributed by atoms with van der Waals surface area (Å²) in [5.41, 5.74) is 2.90. The molecule has 0 amide bonds. The molecule has 0 fully saturated rings. The van der Waals surface area contributed by atoms with Gasteiger partial charge in [-0.2, -0.15) is 5.10 Å². The molecule has 2 aromatic heterocycles. The van der Waals surface area contributed by atoms with Gasteiger partial charge < -0.3 is 5.11 Å². The maximum absolute atomic E-state index is 10.8. The largest absolute Gasteiger partial charge is 0.481 e. The number of hydrogen-bond acceptors (Lipinski definition) is 3. The van der Waals surface area contributed by atoms with Crippen LogP contribution in [-0.4, -0.2) is 25.7 Å². The lowest BCUT2D eigenvalue weighted by molar-refractivity contribution is -0.136. The smallest absolute Gasteiger partial charge is 0.309 e. The predicted molar refractivity (Wildman–Crippen MR) is 77.5 cm³/mol. The molecule has 0 unspecified atom stereocenters. The highest BCUT2D eigenvalue weighted by Gasteiger charge is 2.11. The second-order valence-corrected chi connectivity index (χ2v) is 5.14. The number of nitrogens with zero attached hydrogens (tertiary/aromatic N) is 3. The summed E-state index contributed by atoms with van der Waals surface area (Å²) >= 11 is 3.49. The van der Waals surface area contributed by atoms with E-state index in [1.165, 1.54) is 0 Å². The fraction of sp³-hybridized carbons (Fsp3) is 0.0714. The van der Waals surface area contributed by atoms with E-state index in [0.717, 1.165) is 15.7 Å². The van der Waals surface area contributed by atoms with Crippen molar-refractivity contribution in [3.63, 3.8) is 0 Å². The Balaban J connectivity index is 2.14. The van der Waals surface area contributed by atoms with E-state index < -0.39 is 5.97 Å². The SMILES string of the molecule is O=C(O)Cc1cnc2ccc(-c3ccccc3Br)nn12. The first kappa shape index (κ1) is 12.8. The Bertz CT molecular complexity index is 798. The molecule has 0 aliphatic heterocycles. The third kappa shape index (κ3) is 2.30. The normalized spacial score (nSPS) is 10.8. The van der Waals surface area contributed by atoms with E-state index in [0.29, 0.717) is 11.3 Å². The molecular weight excluding hydrogens is 322 g/mol. The molecule has 0 bridgehead atoms. The minimum Gasteiger partial charge on any atom is -0.481 e. The van der Waals surface area contributed by atoms with Crippen molar-refractivity contribution in [1.29, 1.82) is 0 Å². The summed E-state index contributed by atoms with van der Waals surface area (Å²) in [6.07, 6.45) is 1.44. The van der Waals surface area contributed by atoms with Gasteiger partial charge in [-0.15, -0.1) is 0 Å². The maximum Gasteiger partial charge on any atom is 0.309 e. The minimum absolute atomic E-state index is 0.104. The zero-order chi connectivity index (χ0) is 14.1. The number of imidazole rings is 1. The van der Waals surface area contributed by atoms with Gasteiger partial charge in [-0.05, 0) is 18.2 Å². The number of aliphatic carboxylic acids is 1. The molecule has 0 spiro atoms. The summed E-state index contributed by atoms with van der Waals surface area (Å²) in [7, 11) is 0. The molecule has 0 aliphatic carbocycles. The van der Waals surface area contributed by atoms with Crippen LogP contribution in [0.1, 0.15) is 5.69 Å². The van der Waals surface area contributed by atoms with Crippen LogP contribution in [0.2, 0.25) is 0 Å². The van der Waals surface area contributed by atoms with Gasteiger partial charge in [0.2, 0.25) is 0 Å². The molecular formula is C14H10BrN3O2. The van der Waals surface area contributed by atoms with E-state index in [4.69, 9.17) is 5.11 Å². The summed E-state index contributed by atoms with van der Waals surface area (Å²) < 4.78 is 2.51. The molecule has 3 rings (SSSR count). The Morgan fingerprint density at radius 3 is 2.80 bits per heavy atom. The molecule has 2 heterocycles. The van der Waals surface area contributed by atoms with Crippen molar-refractivity contribution in [3.8, 4) is 11.3 Å². The van der Waals surface area contributed by atoms with E-state index in [9.17, 15) is 4.79 Å². The second kappa shape index (κ2) is 5.05. The number of aromatic nitrogens is 3. The van der Waals surface area contributed by atoms with Crippen LogP contribution in [0.25, 0.3) is 16.9 Å². The minimum atomic E-state index is -0.903. The first-order chi connectivity index (χ1) is 9.65. The van der Waals surface area contributed by atoms with Crippen LogP contribution in [0.3, 0.4) is 0 Å². The fourth-order valence-corrected chi connectivity index (χ4v) is 2.50. The van der Waals surface area contributed by atoms with Crippen LogP contribution in [0.5, 0.6) is 0 Å². The molecule has 5 nitrogen and oxygen atoms in total. The number of hydrogen-bond donors (Lipinski definition) is 1. The van der Waals surface area contributed by atoms with E-state index in [1.807, 2.05) is 36.4 Å². The lowest BCUT2D eigenvalue weighted by Gasteiger charge is -2.05. The Morgan fingerprint density at radius 2 is 2.05 bits per heavy atom. The van der Waals surface area contributed by atoms with Gasteiger partial charge in [0, 0.05) is 10.0 Å². The lowest BCUT2D eigenvalue weighted by atomic mass is 10.1. The van der Waals surface area contributed by atoms with Gasteiger partial charge in [-0.3, -0.25) is 4.79 Å². The zero-order valence-corrected chi connectivity index (χ0v) is 11.9. The first-order valence-corrected chi connectivity index (χ1v) is 6.75. The van der Waals surface area contributed by atoms with Gasteiger partial charge in [0.25, 0.3) is 0 Å². The van der Waals surface area contributed by atoms with Crippen molar-refractivity contribution >= 4 is 27.5 Å². The average molecular weight is 332 g/mol. The van der Waals surface area contributed by atoms with Crippen LogP contribution in [0.15, 0.2) is 47.1 Å². The fourth-order valence-electron chi connectivity index (χ4n) is 2.01. The van der Waals surface area contributed by atoms with Gasteiger partial charge in [0.15, 0.2) is 5.65 Å². The molecule has 0 atom stereocenters. The Hall–Kier alpha value is -2.21. The Labute approximate surface area is 123 Å². The van der Waals surface area contributed by atoms with Gasteiger partial charge >= 0.3 is 5.97 Å². The average Bonchev–Trinajstić information content (AvgIpc) is 2.81. The third-order valence-corrected chi connectivity index (χ3v) is 3.61. The van der Waals surface area contributed by atoms with Crippen molar-refractivity contribution in [2.24, 2.45) is 0 Å². The molecule has 1 N–H and O–H groups in total. The Morgan fingerprint density at radius 1 is 1.25 bits per heavy atom. The summed E-state index contributed by atoms with van der Waals surface area (Å²) in [4.78, 5) is 15.0. The first-order valence-electron chi connectivity index (χ1n) is 5.95. The molecule has 3 aromatic rings. The quantitative estimate of drug-likeness (QED) is 0.801. The van der Waals surface area contributed by atoms with Crippen molar-refractivity contribution in [2.75, 3.05) is 0 Å². The summed E-state index contributed by atoms with van der Waals surface area (Å²) in [6.45, 7) is 0. The number of benzene rings is 1. The number of rotatable bonds is 3. The van der Waals surface area contributed by atoms with Crippen LogP contribution in [-0.2, 0) is 11.2 Å². The van der Waals surface area contributed by atoms with Gasteiger partial charge in [0.05, 0.1) is 24.0 Å². The molecule has 0 radical (unpaired) electrons. The number of fused-ring (bicyclic) bond motifs is 1. The van der Waals surface area contributed by atoms with Crippen molar-refractivity contribution in [2.45, 2.75) is 6.42 Å². The highest BCUT2D eigenvalue weighted by molar-refractivity contribution is 9.10. The van der Waals surface area contributed by atoms with Crippen molar-refractivity contribution in [3.05, 3.63) is 52.8 Å². The Kier molecular flexibility index (Phi) is 3.23. The van der Waals surface area contributed by atoms with Crippen molar-refractivity contribution in [1.82, 2.24) is 14.6 Å². The van der Waals surface area contributed by atoms with Crippen molar-refractivity contribution < 1.29 is 9.90 Å². The van der Waals surface area contributed by atoms with E-state index in [-0.39, 0.29) is 6.42 Å². The zero-order valence-electron chi connectivity index (χ0n) is 10.3. The van der Waals surface area contributed by atoms with Gasteiger partial charge in [-0.25, -0.2) is 9.50 Å². The molecule has 1 aromatic carbocycles. The topological polar surface area (TPSA) is 67.5 Å². The molecule has 6 heteroatoms. The number of carbonyl (C=O) groups is 1. The summed E-state index contributed by atoms with van der Waals surface area (Å²) in [5.74, 6) is -0.903. The third-order valence-electron chi connectivity index (χ3n) is 2.92. The second-order valence-electron chi connectivity index (χ2n) is 4.29. The van der Waals surface area contributed by atoms with Crippen LogP contribution >= 0.6 is 15.9 Å². The van der Waals surface area contributed by atoms with Gasteiger partial charge in [0.1, 0.15) is 0 Å². The molecule has 0 saturated heterocycles. The number of carboxylic acid groups (broad SMARTS) is 1. The molecule has 100 valence electrons. The predicted octanol–water partition coefficient (Wildman–Crippen LogP) is 2.79. The summed E-state index contributed by atoms with van der Waals surface area (Å²) in [6, 6.07) is 11.4. The lowest BCUT2D eigenvalue weighted by Crippen LogP contribution is -2.05. The highest BCUT2D eigenvalue weighted by atomic mass is 79.9. The van der Waals surface area contributed by atoms with Crippen LogP contribution in [0, 0.1) is 0 Å². The maximum atomic E-state index is 10.8. The monoisotopic (exact) mass is 331 g/mol. The molecule has 20 heavy (non-hydrogen) atoms. The number of carboxylic acids is 1. The standard InChI is InChI=1S/C14H10BrN3O2/c15-11-4-2-1-3-10(11)12-5-6-13-16-8-9(7-14(19)20)18(13)17-12/h1-6,8H,7H2,(H,19,20). The molecule has 0 saturated carbocycles. The highest BCUT2D eigenvalue weighted by Crippen LogP contribution is 2.26. The van der Waals surface area contributed by atoms with Gasteiger partial charge in [-0.1, -0.05) is 34.1 Å². The molecule has 0 aliphatic rings. The number of halogens is 1. The van der Waals surface area contributed by atoms with E-state index in [2.05, 4.69) is 26.0 Å². The van der Waals surface area contributed by atoms with Crippen LogP contribution < -0.4 is 0 Å². The summed E-state index contributed by atoms with van der Waals surface area (Å²) in [5, 5.41) is 13.4.